The summed E-state index contributed by atoms with van der Waals surface area (Å²) in [6, 6.07) is 1.88. The summed E-state index contributed by atoms with van der Waals surface area (Å²) in [7, 11) is 1.57. The molecule has 0 aromatic heterocycles. The van der Waals surface area contributed by atoms with Crippen LogP contribution in [-0.2, 0) is 6.42 Å². The Kier molecular flexibility index (Phi) is 3.96. The summed E-state index contributed by atoms with van der Waals surface area (Å²) in [5.41, 5.74) is 1.61. The Hall–Kier alpha value is -0.730. The minimum Gasteiger partial charge on any atom is -0.495 e. The Morgan fingerprint density at radius 3 is 2.33 bits per heavy atom. The van der Waals surface area contributed by atoms with E-state index in [9.17, 15) is 4.79 Å². The summed E-state index contributed by atoms with van der Waals surface area (Å²) >= 11 is 12.5. The van der Waals surface area contributed by atoms with Gasteiger partial charge in [0.15, 0.2) is 5.78 Å². The Balaban J connectivity index is 1.94. The third kappa shape index (κ3) is 2.37. The van der Waals surface area contributed by atoms with Crippen molar-refractivity contribution in [2.24, 2.45) is 23.7 Å². The Labute approximate surface area is 135 Å². The molecule has 0 spiro atoms. The number of carbonyl (C=O) groups is 1. The fraction of sp³-hybridized carbons (Fsp3) is 0.588. The molecule has 4 heteroatoms. The number of ether oxygens (including phenoxy) is 1. The zero-order chi connectivity index (χ0) is 15.3. The van der Waals surface area contributed by atoms with Crippen LogP contribution in [0.25, 0.3) is 0 Å². The van der Waals surface area contributed by atoms with Gasteiger partial charge >= 0.3 is 0 Å². The van der Waals surface area contributed by atoms with Gasteiger partial charge < -0.3 is 4.74 Å². The van der Waals surface area contributed by atoms with E-state index in [0.29, 0.717) is 39.1 Å². The lowest BCUT2D eigenvalue weighted by molar-refractivity contribution is 0.0892. The quantitative estimate of drug-likeness (QED) is 0.761. The molecular weight excluding hydrogens is 307 g/mol. The van der Waals surface area contributed by atoms with Crippen LogP contribution in [-0.4, -0.2) is 12.9 Å². The van der Waals surface area contributed by atoms with Crippen molar-refractivity contribution in [2.45, 2.75) is 33.1 Å². The van der Waals surface area contributed by atoms with Gasteiger partial charge in [-0.05, 0) is 48.6 Å². The Morgan fingerprint density at radius 1 is 1.14 bits per heavy atom. The number of hydrogen-bond donors (Lipinski definition) is 0. The second-order valence-corrected chi connectivity index (χ2v) is 7.36. The van der Waals surface area contributed by atoms with Gasteiger partial charge in [0, 0.05) is 11.5 Å². The SMILES string of the molecule is COc1cc2c(c(Cl)c1Cl)C(=O)C(C1C[C@H](C)[C@@H](C)C1)C2. The van der Waals surface area contributed by atoms with E-state index in [0.717, 1.165) is 24.8 Å². The summed E-state index contributed by atoms with van der Waals surface area (Å²) < 4.78 is 5.25. The first-order valence-corrected chi connectivity index (χ1v) is 8.28. The van der Waals surface area contributed by atoms with Gasteiger partial charge in [-0.25, -0.2) is 0 Å². The highest BCUT2D eigenvalue weighted by Gasteiger charge is 2.42. The molecule has 2 aliphatic carbocycles. The van der Waals surface area contributed by atoms with Crippen molar-refractivity contribution in [3.63, 3.8) is 0 Å². The number of ketones is 1. The zero-order valence-corrected chi connectivity index (χ0v) is 14.1. The monoisotopic (exact) mass is 326 g/mol. The van der Waals surface area contributed by atoms with Gasteiger partial charge in [-0.15, -0.1) is 0 Å². The molecule has 1 fully saturated rings. The highest BCUT2D eigenvalue weighted by Crippen LogP contribution is 2.48. The van der Waals surface area contributed by atoms with Gasteiger partial charge in [-0.1, -0.05) is 37.0 Å². The van der Waals surface area contributed by atoms with Crippen molar-refractivity contribution >= 4 is 29.0 Å². The first kappa shape index (κ1) is 15.2. The van der Waals surface area contributed by atoms with Gasteiger partial charge in [0.05, 0.1) is 12.1 Å². The third-order valence-corrected chi connectivity index (χ3v) is 6.24. The second kappa shape index (κ2) is 5.48. The molecule has 2 nitrogen and oxygen atoms in total. The van der Waals surface area contributed by atoms with E-state index in [4.69, 9.17) is 27.9 Å². The van der Waals surface area contributed by atoms with Crippen LogP contribution in [0.3, 0.4) is 0 Å². The van der Waals surface area contributed by atoms with Crippen LogP contribution in [0.5, 0.6) is 5.75 Å². The van der Waals surface area contributed by atoms with Crippen LogP contribution >= 0.6 is 23.2 Å². The van der Waals surface area contributed by atoms with E-state index in [1.165, 1.54) is 0 Å². The summed E-state index contributed by atoms with van der Waals surface area (Å²) in [4.78, 5) is 12.8. The number of rotatable bonds is 2. The maximum atomic E-state index is 12.8. The van der Waals surface area contributed by atoms with Crippen molar-refractivity contribution < 1.29 is 9.53 Å². The molecule has 114 valence electrons. The molecule has 0 saturated heterocycles. The first-order valence-electron chi connectivity index (χ1n) is 7.53. The number of methoxy groups -OCH3 is 1. The maximum Gasteiger partial charge on any atom is 0.168 e. The summed E-state index contributed by atoms with van der Waals surface area (Å²) in [5.74, 6) is 2.65. The number of fused-ring (bicyclic) bond motifs is 1. The fourth-order valence-corrected chi connectivity index (χ4v) is 4.50. The van der Waals surface area contributed by atoms with Crippen LogP contribution < -0.4 is 4.74 Å². The summed E-state index contributed by atoms with van der Waals surface area (Å²) in [5, 5.41) is 0.706. The third-order valence-electron chi connectivity index (χ3n) is 5.39. The van der Waals surface area contributed by atoms with Crippen LogP contribution in [0, 0.1) is 23.7 Å². The molecule has 0 radical (unpaired) electrons. The minimum atomic E-state index is 0.0630. The van der Waals surface area contributed by atoms with Crippen molar-refractivity contribution in [2.75, 3.05) is 7.11 Å². The standard InChI is InChI=1S/C17H20Cl2O2/c1-8-4-10(5-9(8)2)12-6-11-7-13(21-3)15(18)16(19)14(11)17(12)20/h7-10,12H,4-6H2,1-3H3/t8-,9-,12?/m0/s1. The zero-order valence-electron chi connectivity index (χ0n) is 12.6. The molecule has 0 aliphatic heterocycles. The van der Waals surface area contributed by atoms with E-state index in [2.05, 4.69) is 13.8 Å². The number of benzene rings is 1. The van der Waals surface area contributed by atoms with Gasteiger partial charge in [-0.2, -0.15) is 0 Å². The first-order chi connectivity index (χ1) is 9.93. The van der Waals surface area contributed by atoms with Gasteiger partial charge in [0.2, 0.25) is 0 Å². The average molecular weight is 327 g/mol. The number of halogens is 2. The van der Waals surface area contributed by atoms with E-state index in [1.54, 1.807) is 7.11 Å². The summed E-state index contributed by atoms with van der Waals surface area (Å²) in [6.45, 7) is 4.56. The van der Waals surface area contributed by atoms with Gasteiger partial charge in [-0.3, -0.25) is 4.79 Å². The van der Waals surface area contributed by atoms with Crippen molar-refractivity contribution in [1.82, 2.24) is 0 Å². The maximum absolute atomic E-state index is 12.8. The molecule has 3 rings (SSSR count). The van der Waals surface area contributed by atoms with Crippen molar-refractivity contribution in [3.8, 4) is 5.75 Å². The lowest BCUT2D eigenvalue weighted by atomic mass is 9.87. The molecule has 2 aliphatic rings. The predicted octanol–water partition coefficient (Wildman–Crippen LogP) is 5.04. The van der Waals surface area contributed by atoms with Gasteiger partial charge in [0.1, 0.15) is 10.8 Å². The topological polar surface area (TPSA) is 26.3 Å². The smallest absolute Gasteiger partial charge is 0.168 e. The van der Waals surface area contributed by atoms with Crippen molar-refractivity contribution in [3.05, 3.63) is 27.2 Å². The van der Waals surface area contributed by atoms with E-state index in [-0.39, 0.29) is 11.7 Å². The molecule has 0 N–H and O–H groups in total. The average Bonchev–Trinajstić information content (AvgIpc) is 2.95. The van der Waals surface area contributed by atoms with E-state index >= 15 is 0 Å². The highest BCUT2D eigenvalue weighted by atomic mass is 35.5. The number of Topliss-reactive ketones (excluding diaryl/α,β-unsaturated/α-hetero) is 1. The molecule has 21 heavy (non-hydrogen) atoms. The lowest BCUT2D eigenvalue weighted by Crippen LogP contribution is -2.18. The molecule has 1 unspecified atom stereocenters. The second-order valence-electron chi connectivity index (χ2n) is 6.60. The normalized spacial score (nSPS) is 29.0. The molecule has 0 bridgehead atoms. The van der Waals surface area contributed by atoms with Crippen molar-refractivity contribution in [1.29, 1.82) is 0 Å². The highest BCUT2D eigenvalue weighted by molar-refractivity contribution is 6.45. The van der Waals surface area contributed by atoms with E-state index in [1.807, 2.05) is 6.07 Å². The van der Waals surface area contributed by atoms with Crippen LogP contribution in [0.15, 0.2) is 6.07 Å². The molecule has 1 aromatic rings. The van der Waals surface area contributed by atoms with Crippen LogP contribution in [0.2, 0.25) is 10.0 Å². The Bertz CT molecular complexity index is 587. The fourth-order valence-electron chi connectivity index (χ4n) is 3.97. The van der Waals surface area contributed by atoms with Crippen LogP contribution in [0.1, 0.15) is 42.6 Å². The van der Waals surface area contributed by atoms with Gasteiger partial charge in [0.25, 0.3) is 0 Å². The number of carbonyl (C=O) groups excluding carboxylic acids is 1. The lowest BCUT2D eigenvalue weighted by Gasteiger charge is -2.16. The molecule has 1 saturated carbocycles. The van der Waals surface area contributed by atoms with E-state index < -0.39 is 0 Å². The Morgan fingerprint density at radius 2 is 1.76 bits per heavy atom. The molecular formula is C17H20Cl2O2. The molecule has 3 atom stereocenters. The molecule has 1 aromatic carbocycles. The summed E-state index contributed by atoms with van der Waals surface area (Å²) in [6.07, 6.45) is 3.04. The van der Waals surface area contributed by atoms with Crippen LogP contribution in [0.4, 0.5) is 0 Å². The molecule has 0 heterocycles. The minimum absolute atomic E-state index is 0.0630. The largest absolute Gasteiger partial charge is 0.495 e. The number of hydrogen-bond acceptors (Lipinski definition) is 2. The predicted molar refractivity (Wildman–Crippen MR) is 85.6 cm³/mol. The molecule has 0 amide bonds.